The fourth-order valence-electron chi connectivity index (χ4n) is 1.97. The van der Waals surface area contributed by atoms with Crippen molar-refractivity contribution in [3.8, 4) is 0 Å². The molecule has 2 aromatic rings. The summed E-state index contributed by atoms with van der Waals surface area (Å²) in [5.74, 6) is 0. The Labute approximate surface area is 112 Å². The number of aldehydes is 1. The highest BCUT2D eigenvalue weighted by Crippen LogP contribution is 2.29. The second-order valence-corrected chi connectivity index (χ2v) is 4.54. The molecule has 0 amide bonds. The Hall–Kier alpha value is -1.80. The van der Waals surface area contributed by atoms with Gasteiger partial charge in [-0.05, 0) is 17.7 Å². The molecule has 2 nitrogen and oxygen atoms in total. The molecule has 0 unspecified atom stereocenters. The van der Waals surface area contributed by atoms with Gasteiger partial charge in [0.2, 0.25) is 0 Å². The summed E-state index contributed by atoms with van der Waals surface area (Å²) in [5, 5.41) is 0.595. The van der Waals surface area contributed by atoms with Crippen molar-refractivity contribution in [1.82, 2.24) is 0 Å². The van der Waals surface area contributed by atoms with Gasteiger partial charge in [0, 0.05) is 19.2 Å². The molecule has 0 aliphatic heterocycles. The Morgan fingerprint density at radius 2 is 1.83 bits per heavy atom. The van der Waals surface area contributed by atoms with E-state index in [2.05, 4.69) is 0 Å². The minimum Gasteiger partial charge on any atom is -0.368 e. The van der Waals surface area contributed by atoms with Crippen molar-refractivity contribution in [1.29, 1.82) is 0 Å². The standard InChI is InChI=1S/C15H14ClNO/c1-17(10-12-6-3-2-4-7-12)15-13(11-18)8-5-9-14(15)16/h2-9,11H,10H2,1H3. The second-order valence-electron chi connectivity index (χ2n) is 4.14. The smallest absolute Gasteiger partial charge is 0.152 e. The quantitative estimate of drug-likeness (QED) is 0.779. The van der Waals surface area contributed by atoms with E-state index in [1.807, 2.05) is 42.3 Å². The van der Waals surface area contributed by atoms with E-state index < -0.39 is 0 Å². The van der Waals surface area contributed by atoms with Crippen molar-refractivity contribution < 1.29 is 4.79 Å². The molecule has 0 spiro atoms. The molecule has 0 N–H and O–H groups in total. The Balaban J connectivity index is 2.29. The number of anilines is 1. The first-order valence-corrected chi connectivity index (χ1v) is 6.09. The van der Waals surface area contributed by atoms with E-state index in [1.54, 1.807) is 18.2 Å². The summed E-state index contributed by atoms with van der Waals surface area (Å²) >= 11 is 6.17. The minimum absolute atomic E-state index is 0.595. The fraction of sp³-hybridized carbons (Fsp3) is 0.133. The molecule has 18 heavy (non-hydrogen) atoms. The molecule has 0 fully saturated rings. The molecule has 0 saturated carbocycles. The SMILES string of the molecule is CN(Cc1ccccc1)c1c(Cl)cccc1C=O. The Kier molecular flexibility index (Phi) is 4.00. The van der Waals surface area contributed by atoms with Gasteiger partial charge in [-0.2, -0.15) is 0 Å². The molecular weight excluding hydrogens is 246 g/mol. The highest BCUT2D eigenvalue weighted by Gasteiger charge is 2.11. The number of hydrogen-bond acceptors (Lipinski definition) is 2. The Morgan fingerprint density at radius 1 is 1.11 bits per heavy atom. The maximum absolute atomic E-state index is 11.1. The van der Waals surface area contributed by atoms with Gasteiger partial charge in [0.1, 0.15) is 0 Å². The number of carbonyl (C=O) groups excluding carboxylic acids is 1. The van der Waals surface area contributed by atoms with Crippen LogP contribution >= 0.6 is 11.6 Å². The number of rotatable bonds is 4. The van der Waals surface area contributed by atoms with E-state index in [-0.39, 0.29) is 0 Å². The maximum atomic E-state index is 11.1. The fourth-order valence-corrected chi connectivity index (χ4v) is 2.29. The predicted molar refractivity (Wildman–Crippen MR) is 75.4 cm³/mol. The van der Waals surface area contributed by atoms with Crippen LogP contribution in [0.15, 0.2) is 48.5 Å². The van der Waals surface area contributed by atoms with Crippen LogP contribution in [0.3, 0.4) is 0 Å². The Bertz CT molecular complexity index is 539. The van der Waals surface area contributed by atoms with Crippen LogP contribution in [0.25, 0.3) is 0 Å². The topological polar surface area (TPSA) is 20.3 Å². The zero-order valence-corrected chi connectivity index (χ0v) is 10.9. The van der Waals surface area contributed by atoms with E-state index in [4.69, 9.17) is 11.6 Å². The van der Waals surface area contributed by atoms with Gasteiger partial charge in [0.05, 0.1) is 10.7 Å². The van der Waals surface area contributed by atoms with Gasteiger partial charge >= 0.3 is 0 Å². The molecule has 0 aromatic heterocycles. The summed E-state index contributed by atoms with van der Waals surface area (Å²) in [6, 6.07) is 15.4. The summed E-state index contributed by atoms with van der Waals surface area (Å²) in [7, 11) is 1.93. The third-order valence-corrected chi connectivity index (χ3v) is 3.09. The molecule has 0 atom stereocenters. The van der Waals surface area contributed by atoms with Crippen LogP contribution in [0.4, 0.5) is 5.69 Å². The van der Waals surface area contributed by atoms with Gasteiger partial charge in [-0.25, -0.2) is 0 Å². The van der Waals surface area contributed by atoms with E-state index >= 15 is 0 Å². The summed E-state index contributed by atoms with van der Waals surface area (Å²) < 4.78 is 0. The number of nitrogens with zero attached hydrogens (tertiary/aromatic N) is 1. The average Bonchev–Trinajstić information content (AvgIpc) is 2.39. The molecule has 2 rings (SSSR count). The number of benzene rings is 2. The average molecular weight is 260 g/mol. The van der Waals surface area contributed by atoms with Crippen LogP contribution in [0, 0.1) is 0 Å². The molecular formula is C15H14ClNO. The molecule has 2 aromatic carbocycles. The lowest BCUT2D eigenvalue weighted by molar-refractivity contribution is 0.112. The van der Waals surface area contributed by atoms with Crippen molar-refractivity contribution in [2.24, 2.45) is 0 Å². The summed E-state index contributed by atoms with van der Waals surface area (Å²) in [5.41, 5.74) is 2.57. The van der Waals surface area contributed by atoms with Gasteiger partial charge in [-0.1, -0.05) is 48.0 Å². The van der Waals surface area contributed by atoms with E-state index in [9.17, 15) is 4.79 Å². The first-order valence-electron chi connectivity index (χ1n) is 5.71. The van der Waals surface area contributed by atoms with Crippen LogP contribution in [0.2, 0.25) is 5.02 Å². The Morgan fingerprint density at radius 3 is 2.50 bits per heavy atom. The molecule has 92 valence electrons. The normalized spacial score (nSPS) is 10.1. The number of para-hydroxylation sites is 1. The van der Waals surface area contributed by atoms with Crippen molar-refractivity contribution in [3.05, 3.63) is 64.7 Å². The van der Waals surface area contributed by atoms with Gasteiger partial charge in [0.15, 0.2) is 6.29 Å². The lowest BCUT2D eigenvalue weighted by Gasteiger charge is -2.22. The van der Waals surface area contributed by atoms with E-state index in [0.717, 1.165) is 12.0 Å². The van der Waals surface area contributed by atoms with Gasteiger partial charge in [-0.3, -0.25) is 4.79 Å². The highest BCUT2D eigenvalue weighted by molar-refractivity contribution is 6.33. The largest absolute Gasteiger partial charge is 0.368 e. The molecule has 0 aliphatic rings. The monoisotopic (exact) mass is 259 g/mol. The van der Waals surface area contributed by atoms with Crippen molar-refractivity contribution in [2.45, 2.75) is 6.54 Å². The second kappa shape index (κ2) is 5.69. The highest BCUT2D eigenvalue weighted by atomic mass is 35.5. The summed E-state index contributed by atoms with van der Waals surface area (Å²) in [4.78, 5) is 13.0. The van der Waals surface area contributed by atoms with Crippen LogP contribution < -0.4 is 4.90 Å². The number of carbonyl (C=O) groups is 1. The zero-order chi connectivity index (χ0) is 13.0. The van der Waals surface area contributed by atoms with Gasteiger partial charge in [0.25, 0.3) is 0 Å². The third-order valence-electron chi connectivity index (χ3n) is 2.79. The molecule has 0 aliphatic carbocycles. The van der Waals surface area contributed by atoms with E-state index in [1.165, 1.54) is 5.56 Å². The van der Waals surface area contributed by atoms with Crippen molar-refractivity contribution in [2.75, 3.05) is 11.9 Å². The summed E-state index contributed by atoms with van der Waals surface area (Å²) in [6.45, 7) is 0.714. The molecule has 0 bridgehead atoms. The van der Waals surface area contributed by atoms with Crippen LogP contribution in [0.1, 0.15) is 15.9 Å². The zero-order valence-electron chi connectivity index (χ0n) is 10.1. The lowest BCUT2D eigenvalue weighted by atomic mass is 10.1. The van der Waals surface area contributed by atoms with Crippen LogP contribution in [0.5, 0.6) is 0 Å². The first kappa shape index (κ1) is 12.7. The predicted octanol–water partition coefficient (Wildman–Crippen LogP) is 3.79. The van der Waals surface area contributed by atoms with E-state index in [0.29, 0.717) is 17.1 Å². The van der Waals surface area contributed by atoms with Crippen molar-refractivity contribution in [3.63, 3.8) is 0 Å². The molecule has 0 radical (unpaired) electrons. The van der Waals surface area contributed by atoms with Gasteiger partial charge < -0.3 is 4.90 Å². The molecule has 3 heteroatoms. The molecule has 0 heterocycles. The van der Waals surface area contributed by atoms with Crippen LogP contribution in [-0.2, 0) is 6.54 Å². The number of halogens is 1. The summed E-state index contributed by atoms with van der Waals surface area (Å²) in [6.07, 6.45) is 0.836. The lowest BCUT2D eigenvalue weighted by Crippen LogP contribution is -2.18. The third kappa shape index (κ3) is 2.71. The molecule has 0 saturated heterocycles. The van der Waals surface area contributed by atoms with Crippen LogP contribution in [-0.4, -0.2) is 13.3 Å². The first-order chi connectivity index (χ1) is 8.72. The van der Waals surface area contributed by atoms with Gasteiger partial charge in [-0.15, -0.1) is 0 Å². The maximum Gasteiger partial charge on any atom is 0.152 e. The van der Waals surface area contributed by atoms with Crippen molar-refractivity contribution >= 4 is 23.6 Å². The minimum atomic E-state index is 0.595. The number of hydrogen-bond donors (Lipinski definition) is 0.